The van der Waals surface area contributed by atoms with Gasteiger partial charge in [-0.2, -0.15) is 0 Å². The second kappa shape index (κ2) is 61.2. The van der Waals surface area contributed by atoms with Crippen molar-refractivity contribution in [3.8, 4) is 0 Å². The summed E-state index contributed by atoms with van der Waals surface area (Å²) in [7, 11) is 0. The van der Waals surface area contributed by atoms with Gasteiger partial charge < -0.3 is 14.6 Å². The summed E-state index contributed by atoms with van der Waals surface area (Å²) >= 11 is 0. The van der Waals surface area contributed by atoms with Gasteiger partial charge >= 0.3 is 11.9 Å². The summed E-state index contributed by atoms with van der Waals surface area (Å²) in [6, 6.07) is 0. The molecule has 410 valence electrons. The maximum Gasteiger partial charge on any atom is 0.306 e. The largest absolute Gasteiger partial charge is 0.462 e. The molecule has 0 aromatic carbocycles. The maximum absolute atomic E-state index is 12.3. The lowest BCUT2D eigenvalue weighted by Gasteiger charge is -2.15. The zero-order valence-electron chi connectivity index (χ0n) is 47.0. The fourth-order valence-corrected chi connectivity index (χ4v) is 9.38. The van der Waals surface area contributed by atoms with Gasteiger partial charge in [-0.25, -0.2) is 0 Å². The molecule has 0 heterocycles. The SMILES string of the molecule is CCCCC/C=C\C/C=C\CCCCCCCC(=O)OCC(CO)OC(=O)CCCCCCCCCCCCCCCCCCCCCCCCCCCCCCC/C=C\C/C=C\CCCCCCC. The van der Waals surface area contributed by atoms with Crippen molar-refractivity contribution in [3.05, 3.63) is 48.6 Å². The summed E-state index contributed by atoms with van der Waals surface area (Å²) in [5.41, 5.74) is 0. The van der Waals surface area contributed by atoms with Gasteiger partial charge in [0.1, 0.15) is 6.61 Å². The van der Waals surface area contributed by atoms with Gasteiger partial charge in [0.2, 0.25) is 0 Å². The van der Waals surface area contributed by atoms with E-state index in [0.717, 1.165) is 57.8 Å². The molecule has 0 aliphatic rings. The van der Waals surface area contributed by atoms with Crippen LogP contribution in [-0.2, 0) is 19.1 Å². The first-order valence-corrected chi connectivity index (χ1v) is 31.2. The first-order valence-electron chi connectivity index (χ1n) is 31.2. The Balaban J connectivity index is 3.36. The highest BCUT2D eigenvalue weighted by Gasteiger charge is 2.16. The Morgan fingerprint density at radius 3 is 0.871 bits per heavy atom. The fourth-order valence-electron chi connectivity index (χ4n) is 9.38. The molecule has 0 fully saturated rings. The van der Waals surface area contributed by atoms with Crippen molar-refractivity contribution >= 4 is 11.9 Å². The molecule has 0 saturated heterocycles. The van der Waals surface area contributed by atoms with E-state index in [4.69, 9.17) is 9.47 Å². The third-order valence-electron chi connectivity index (χ3n) is 14.1. The molecule has 0 amide bonds. The van der Waals surface area contributed by atoms with Gasteiger partial charge in [-0.3, -0.25) is 9.59 Å². The first kappa shape index (κ1) is 67.9. The van der Waals surface area contributed by atoms with Crippen LogP contribution >= 0.6 is 0 Å². The topological polar surface area (TPSA) is 72.8 Å². The summed E-state index contributed by atoms with van der Waals surface area (Å²) < 4.78 is 10.7. The van der Waals surface area contributed by atoms with Crippen LogP contribution in [0.3, 0.4) is 0 Å². The molecule has 0 aromatic rings. The average Bonchev–Trinajstić information content (AvgIpc) is 3.36. The highest BCUT2D eigenvalue weighted by Crippen LogP contribution is 2.18. The number of hydrogen-bond acceptors (Lipinski definition) is 5. The van der Waals surface area contributed by atoms with E-state index in [9.17, 15) is 14.7 Å². The lowest BCUT2D eigenvalue weighted by Crippen LogP contribution is -2.28. The number of ether oxygens (including phenoxy) is 2. The number of esters is 2. The molecular formula is C65H120O5. The number of aliphatic hydroxyl groups excluding tert-OH is 1. The monoisotopic (exact) mass is 981 g/mol. The van der Waals surface area contributed by atoms with Crippen molar-refractivity contribution in [1.29, 1.82) is 0 Å². The minimum atomic E-state index is -0.776. The number of aliphatic hydroxyl groups is 1. The van der Waals surface area contributed by atoms with E-state index in [1.807, 2.05) is 0 Å². The second-order valence-corrected chi connectivity index (χ2v) is 21.1. The van der Waals surface area contributed by atoms with E-state index in [2.05, 4.69) is 62.5 Å². The molecule has 0 rings (SSSR count). The van der Waals surface area contributed by atoms with Gasteiger partial charge in [0, 0.05) is 12.8 Å². The van der Waals surface area contributed by atoms with Crippen molar-refractivity contribution < 1.29 is 24.2 Å². The third-order valence-corrected chi connectivity index (χ3v) is 14.1. The predicted molar refractivity (Wildman–Crippen MR) is 307 cm³/mol. The lowest BCUT2D eigenvalue weighted by atomic mass is 10.0. The minimum absolute atomic E-state index is 0.0697. The molecule has 5 heteroatoms. The maximum atomic E-state index is 12.3. The van der Waals surface area contributed by atoms with Gasteiger partial charge in [-0.05, 0) is 77.0 Å². The highest BCUT2D eigenvalue weighted by atomic mass is 16.6. The molecule has 0 saturated carbocycles. The number of unbranched alkanes of at least 4 members (excludes halogenated alkanes) is 42. The molecule has 5 nitrogen and oxygen atoms in total. The first-order chi connectivity index (χ1) is 34.6. The van der Waals surface area contributed by atoms with Gasteiger partial charge in [-0.15, -0.1) is 0 Å². The van der Waals surface area contributed by atoms with Crippen LogP contribution in [-0.4, -0.2) is 36.4 Å². The van der Waals surface area contributed by atoms with Crippen molar-refractivity contribution in [3.63, 3.8) is 0 Å². The van der Waals surface area contributed by atoms with E-state index >= 15 is 0 Å². The molecule has 0 spiro atoms. The minimum Gasteiger partial charge on any atom is -0.462 e. The Labute approximate surface area is 437 Å². The van der Waals surface area contributed by atoms with Crippen LogP contribution in [0.15, 0.2) is 48.6 Å². The third kappa shape index (κ3) is 58.4. The molecule has 0 bridgehead atoms. The Kier molecular flexibility index (Phi) is 59.3. The molecule has 1 atom stereocenters. The Morgan fingerprint density at radius 1 is 0.329 bits per heavy atom. The van der Waals surface area contributed by atoms with Gasteiger partial charge in [0.25, 0.3) is 0 Å². The van der Waals surface area contributed by atoms with E-state index in [1.54, 1.807) is 0 Å². The standard InChI is InChI=1S/C65H120O5/c1-3-5-7-9-11-13-15-17-19-20-21-22-23-24-25-26-27-28-29-30-31-32-33-34-35-36-37-38-39-40-41-42-43-44-46-48-50-52-54-56-58-60-65(68)70-63(61-66)62-69-64(67)59-57-55-53-51-49-47-45-18-16-14-12-10-8-6-4-2/h12,14-15,17-18,20-21,45,63,66H,3-11,13,16,19,22-44,46-62H2,1-2H3/b14-12-,17-15-,21-20-,45-18-. The Bertz CT molecular complexity index is 1150. The number of rotatable bonds is 58. The van der Waals surface area contributed by atoms with Crippen LogP contribution in [0.25, 0.3) is 0 Å². The van der Waals surface area contributed by atoms with Crippen LogP contribution in [0.1, 0.15) is 335 Å². The molecule has 1 N–H and O–H groups in total. The van der Waals surface area contributed by atoms with Crippen LogP contribution < -0.4 is 0 Å². The van der Waals surface area contributed by atoms with Crippen molar-refractivity contribution in [2.45, 2.75) is 341 Å². The average molecular weight is 982 g/mol. The van der Waals surface area contributed by atoms with Crippen LogP contribution in [0.4, 0.5) is 0 Å². The summed E-state index contributed by atoms with van der Waals surface area (Å²) in [5.74, 6) is -0.593. The normalized spacial score (nSPS) is 12.4. The van der Waals surface area contributed by atoms with Gasteiger partial charge in [0.15, 0.2) is 6.10 Å². The zero-order valence-corrected chi connectivity index (χ0v) is 47.0. The lowest BCUT2D eigenvalue weighted by molar-refractivity contribution is -0.161. The fraction of sp³-hybridized carbons (Fsp3) is 0.846. The molecule has 0 aliphatic carbocycles. The molecule has 70 heavy (non-hydrogen) atoms. The van der Waals surface area contributed by atoms with Gasteiger partial charge in [-0.1, -0.05) is 294 Å². The summed E-state index contributed by atoms with van der Waals surface area (Å²) in [5, 5.41) is 9.64. The Morgan fingerprint density at radius 2 is 0.571 bits per heavy atom. The number of hydrogen-bond donors (Lipinski definition) is 1. The van der Waals surface area contributed by atoms with Crippen LogP contribution in [0.2, 0.25) is 0 Å². The van der Waals surface area contributed by atoms with Crippen molar-refractivity contribution in [2.24, 2.45) is 0 Å². The number of carbonyl (C=O) groups excluding carboxylic acids is 2. The second-order valence-electron chi connectivity index (χ2n) is 21.1. The summed E-state index contributed by atoms with van der Waals surface area (Å²) in [4.78, 5) is 24.5. The highest BCUT2D eigenvalue weighted by molar-refractivity contribution is 5.70. The summed E-state index contributed by atoms with van der Waals surface area (Å²) in [6.07, 6.45) is 81.3. The zero-order chi connectivity index (χ0) is 50.6. The molecular weight excluding hydrogens is 861 g/mol. The van der Waals surface area contributed by atoms with E-state index in [-0.39, 0.29) is 25.2 Å². The van der Waals surface area contributed by atoms with E-state index in [0.29, 0.717) is 12.8 Å². The molecule has 0 radical (unpaired) electrons. The smallest absolute Gasteiger partial charge is 0.306 e. The van der Waals surface area contributed by atoms with Crippen molar-refractivity contribution in [2.75, 3.05) is 13.2 Å². The van der Waals surface area contributed by atoms with E-state index in [1.165, 1.54) is 250 Å². The predicted octanol–water partition coefficient (Wildman–Crippen LogP) is 21.2. The van der Waals surface area contributed by atoms with Gasteiger partial charge in [0.05, 0.1) is 6.61 Å². The van der Waals surface area contributed by atoms with Crippen LogP contribution in [0.5, 0.6) is 0 Å². The quantitative estimate of drug-likeness (QED) is 0.0373. The molecule has 0 aromatic heterocycles. The summed E-state index contributed by atoms with van der Waals surface area (Å²) in [6.45, 7) is 4.12. The Hall–Kier alpha value is -2.14. The van der Waals surface area contributed by atoms with E-state index < -0.39 is 6.10 Å². The molecule has 1 unspecified atom stereocenters. The number of carbonyl (C=O) groups is 2. The number of allylic oxidation sites excluding steroid dienone is 8. The van der Waals surface area contributed by atoms with Crippen LogP contribution in [0, 0.1) is 0 Å². The molecule has 0 aliphatic heterocycles. The van der Waals surface area contributed by atoms with Crippen molar-refractivity contribution in [1.82, 2.24) is 0 Å².